The summed E-state index contributed by atoms with van der Waals surface area (Å²) in [7, 11) is 0. The summed E-state index contributed by atoms with van der Waals surface area (Å²) in [6, 6.07) is 12.6. The number of aromatic nitrogens is 1. The maximum Gasteiger partial charge on any atom is 0.258 e. The van der Waals surface area contributed by atoms with Gasteiger partial charge >= 0.3 is 0 Å². The molecule has 0 unspecified atom stereocenters. The van der Waals surface area contributed by atoms with Crippen LogP contribution in [0.2, 0.25) is 10.0 Å². The topological polar surface area (TPSA) is 42.0 Å². The molecule has 0 saturated heterocycles. The zero-order chi connectivity index (χ0) is 16.4. The number of carbonyl (C=O) groups is 1. The van der Waals surface area contributed by atoms with Gasteiger partial charge in [0.05, 0.1) is 16.3 Å². The molecule has 23 heavy (non-hydrogen) atoms. The number of nitrogens with one attached hydrogen (secondary N) is 1. The molecule has 0 fully saturated rings. The van der Waals surface area contributed by atoms with Gasteiger partial charge < -0.3 is 0 Å². The molecule has 7 heteroatoms. The van der Waals surface area contributed by atoms with E-state index >= 15 is 0 Å². The number of carbonyl (C=O) groups excluding carboxylic acids is 1. The highest BCUT2D eigenvalue weighted by Crippen LogP contribution is 2.32. The Balaban J connectivity index is 1.82. The van der Waals surface area contributed by atoms with Crippen LogP contribution in [0.1, 0.15) is 10.4 Å². The average molecular weight is 475 g/mol. The fourth-order valence-electron chi connectivity index (χ4n) is 1.96. The largest absolute Gasteiger partial charge is 0.298 e. The van der Waals surface area contributed by atoms with Crippen molar-refractivity contribution in [1.82, 2.24) is 4.98 Å². The predicted octanol–water partition coefficient (Wildman–Crippen LogP) is 5.97. The monoisotopic (exact) mass is 474 g/mol. The third kappa shape index (κ3) is 3.85. The van der Waals surface area contributed by atoms with E-state index in [1.807, 2.05) is 29.6 Å². The number of halogens is 3. The summed E-state index contributed by atoms with van der Waals surface area (Å²) in [6.45, 7) is 0. The Morgan fingerprint density at radius 2 is 1.96 bits per heavy atom. The smallest absolute Gasteiger partial charge is 0.258 e. The summed E-state index contributed by atoms with van der Waals surface area (Å²) in [5.74, 6) is -0.182. The molecule has 0 aliphatic carbocycles. The molecular formula is C16H9Cl2IN2OS. The lowest BCUT2D eigenvalue weighted by atomic mass is 10.2. The summed E-state index contributed by atoms with van der Waals surface area (Å²) in [5.41, 5.74) is 2.10. The summed E-state index contributed by atoms with van der Waals surface area (Å²) in [4.78, 5) is 16.7. The Bertz CT molecular complexity index is 882. The number of rotatable bonds is 3. The quantitative estimate of drug-likeness (QED) is 0.475. The number of nitrogens with zero attached hydrogens (tertiary/aromatic N) is 1. The zero-order valence-corrected chi connectivity index (χ0v) is 16.0. The van der Waals surface area contributed by atoms with Crippen molar-refractivity contribution in [3.63, 3.8) is 0 Å². The highest BCUT2D eigenvalue weighted by molar-refractivity contribution is 14.1. The Morgan fingerprint density at radius 1 is 1.17 bits per heavy atom. The van der Waals surface area contributed by atoms with Gasteiger partial charge in [-0.25, -0.2) is 4.98 Å². The highest BCUT2D eigenvalue weighted by atomic mass is 127. The minimum Gasteiger partial charge on any atom is -0.298 e. The van der Waals surface area contributed by atoms with Crippen LogP contribution in [0.25, 0.3) is 11.3 Å². The minimum absolute atomic E-state index is 0.182. The van der Waals surface area contributed by atoms with Crippen molar-refractivity contribution in [3.05, 3.63) is 67.0 Å². The van der Waals surface area contributed by atoms with Crippen molar-refractivity contribution in [3.8, 4) is 11.3 Å². The van der Waals surface area contributed by atoms with Crippen molar-refractivity contribution in [1.29, 1.82) is 0 Å². The first-order valence-corrected chi connectivity index (χ1v) is 9.23. The van der Waals surface area contributed by atoms with Gasteiger partial charge in [0.1, 0.15) is 0 Å². The molecule has 0 radical (unpaired) electrons. The van der Waals surface area contributed by atoms with Gasteiger partial charge in [-0.15, -0.1) is 11.3 Å². The SMILES string of the molecule is O=C(Nc1nc(-c2ccc(Cl)cc2Cl)cs1)c1ccccc1I. The van der Waals surface area contributed by atoms with E-state index in [4.69, 9.17) is 23.2 Å². The summed E-state index contributed by atoms with van der Waals surface area (Å²) in [5, 5.41) is 6.28. The molecule has 3 nitrogen and oxygen atoms in total. The molecule has 0 bridgehead atoms. The fraction of sp³-hybridized carbons (Fsp3) is 0. The lowest BCUT2D eigenvalue weighted by Crippen LogP contribution is -2.13. The van der Waals surface area contributed by atoms with E-state index in [9.17, 15) is 4.79 Å². The fourth-order valence-corrected chi connectivity index (χ4v) is 3.81. The molecule has 0 aliphatic heterocycles. The van der Waals surface area contributed by atoms with Gasteiger partial charge in [-0.2, -0.15) is 0 Å². The van der Waals surface area contributed by atoms with Crippen LogP contribution in [-0.4, -0.2) is 10.9 Å². The van der Waals surface area contributed by atoms with Gasteiger partial charge in [0, 0.05) is 19.5 Å². The third-order valence-electron chi connectivity index (χ3n) is 3.05. The first-order valence-electron chi connectivity index (χ1n) is 6.51. The molecule has 1 heterocycles. The first kappa shape index (κ1) is 16.7. The van der Waals surface area contributed by atoms with Gasteiger partial charge in [0.2, 0.25) is 0 Å². The van der Waals surface area contributed by atoms with Crippen molar-refractivity contribution >= 4 is 68.2 Å². The van der Waals surface area contributed by atoms with E-state index in [0.717, 1.165) is 9.13 Å². The molecule has 1 aromatic heterocycles. The molecule has 1 amide bonds. The molecule has 0 spiro atoms. The van der Waals surface area contributed by atoms with Crippen LogP contribution in [0.4, 0.5) is 5.13 Å². The molecule has 2 aromatic carbocycles. The van der Waals surface area contributed by atoms with Crippen molar-refractivity contribution in [2.24, 2.45) is 0 Å². The number of thiazole rings is 1. The molecule has 3 aromatic rings. The van der Waals surface area contributed by atoms with E-state index in [0.29, 0.717) is 26.4 Å². The highest BCUT2D eigenvalue weighted by Gasteiger charge is 2.13. The summed E-state index contributed by atoms with van der Waals surface area (Å²) in [6.07, 6.45) is 0. The first-order chi connectivity index (χ1) is 11.0. The number of benzene rings is 2. The number of hydrogen-bond acceptors (Lipinski definition) is 3. The van der Waals surface area contributed by atoms with Gasteiger partial charge in [-0.1, -0.05) is 35.3 Å². The van der Waals surface area contributed by atoms with Crippen molar-refractivity contribution in [2.75, 3.05) is 5.32 Å². The lowest BCUT2D eigenvalue weighted by Gasteiger charge is -2.04. The maximum atomic E-state index is 12.3. The normalized spacial score (nSPS) is 10.6. The average Bonchev–Trinajstić information content (AvgIpc) is 2.95. The van der Waals surface area contributed by atoms with E-state index in [2.05, 4.69) is 32.9 Å². The molecule has 116 valence electrons. The second-order valence-electron chi connectivity index (χ2n) is 4.60. The number of anilines is 1. The van der Waals surface area contributed by atoms with Gasteiger partial charge in [-0.3, -0.25) is 10.1 Å². The summed E-state index contributed by atoms with van der Waals surface area (Å²) < 4.78 is 0.889. The molecule has 0 aliphatic rings. The Kier molecular flexibility index (Phi) is 5.21. The third-order valence-corrected chi connectivity index (χ3v) is 5.30. The van der Waals surface area contributed by atoms with Crippen LogP contribution in [-0.2, 0) is 0 Å². The molecule has 1 N–H and O–H groups in total. The minimum atomic E-state index is -0.182. The van der Waals surface area contributed by atoms with E-state index in [-0.39, 0.29) is 5.91 Å². The van der Waals surface area contributed by atoms with Gasteiger partial charge in [0.15, 0.2) is 5.13 Å². The molecule has 3 rings (SSSR count). The van der Waals surface area contributed by atoms with Crippen molar-refractivity contribution < 1.29 is 4.79 Å². The second kappa shape index (κ2) is 7.17. The van der Waals surface area contributed by atoms with Crippen LogP contribution >= 0.6 is 57.1 Å². The molecule has 0 saturated carbocycles. The number of hydrogen-bond donors (Lipinski definition) is 1. The van der Waals surface area contributed by atoms with Crippen LogP contribution < -0.4 is 5.32 Å². The van der Waals surface area contributed by atoms with Crippen LogP contribution in [0.3, 0.4) is 0 Å². The van der Waals surface area contributed by atoms with Crippen LogP contribution in [0, 0.1) is 3.57 Å². The molecular weight excluding hydrogens is 466 g/mol. The van der Waals surface area contributed by atoms with Crippen LogP contribution in [0.15, 0.2) is 47.8 Å². The van der Waals surface area contributed by atoms with Crippen LogP contribution in [0.5, 0.6) is 0 Å². The van der Waals surface area contributed by atoms with E-state index < -0.39 is 0 Å². The lowest BCUT2D eigenvalue weighted by molar-refractivity contribution is 0.102. The van der Waals surface area contributed by atoms with Gasteiger partial charge in [0.25, 0.3) is 5.91 Å². The standard InChI is InChI=1S/C16H9Cl2IN2OS/c17-9-5-6-10(12(18)7-9)14-8-23-16(20-14)21-15(22)11-3-1-2-4-13(11)19/h1-8H,(H,20,21,22). The Labute approximate surface area is 160 Å². The second-order valence-corrected chi connectivity index (χ2v) is 7.46. The Morgan fingerprint density at radius 3 is 2.70 bits per heavy atom. The zero-order valence-electron chi connectivity index (χ0n) is 11.5. The predicted molar refractivity (Wildman–Crippen MR) is 105 cm³/mol. The van der Waals surface area contributed by atoms with E-state index in [1.54, 1.807) is 18.2 Å². The maximum absolute atomic E-state index is 12.3. The number of amides is 1. The summed E-state index contributed by atoms with van der Waals surface area (Å²) >= 11 is 15.6. The van der Waals surface area contributed by atoms with E-state index in [1.165, 1.54) is 11.3 Å². The van der Waals surface area contributed by atoms with Crippen molar-refractivity contribution in [2.45, 2.75) is 0 Å². The van der Waals surface area contributed by atoms with Gasteiger partial charge in [-0.05, 0) is 52.9 Å². The molecule has 0 atom stereocenters. The Hall–Kier alpha value is -1.15.